The van der Waals surface area contributed by atoms with Crippen molar-refractivity contribution >= 4 is 15.9 Å². The number of hydrogen-bond acceptors (Lipinski definition) is 1. The quantitative estimate of drug-likeness (QED) is 0.447. The number of hydrogen-bond donors (Lipinski definition) is 1. The summed E-state index contributed by atoms with van der Waals surface area (Å²) in [4.78, 5) is 2.36. The van der Waals surface area contributed by atoms with Crippen molar-refractivity contribution in [2.45, 2.75) is 6.10 Å². The lowest BCUT2D eigenvalue weighted by Crippen LogP contribution is -1.93. The van der Waals surface area contributed by atoms with Gasteiger partial charge in [-0.1, -0.05) is 18.6 Å². The van der Waals surface area contributed by atoms with Crippen LogP contribution in [-0.2, 0) is 0 Å². The third kappa shape index (κ3) is 3.57. The molecule has 0 amide bonds. The first kappa shape index (κ1) is 6.74. The Labute approximate surface area is 51.2 Å². The first-order valence-corrected chi connectivity index (χ1v) is 2.52. The molecular weight excluding hydrogens is 156 g/mol. The molecule has 0 spiro atoms. The summed E-state index contributed by atoms with van der Waals surface area (Å²) in [5, 5.41) is 8.54. The van der Waals surface area contributed by atoms with E-state index in [1.807, 2.05) is 0 Å². The normalized spacial score (nSPS) is 11.1. The van der Waals surface area contributed by atoms with Crippen LogP contribution >= 0.6 is 15.9 Å². The van der Waals surface area contributed by atoms with Crippen molar-refractivity contribution in [2.75, 3.05) is 0 Å². The Morgan fingerprint density at radius 2 is 2.43 bits per heavy atom. The van der Waals surface area contributed by atoms with Crippen molar-refractivity contribution in [3.8, 4) is 10.8 Å². The van der Waals surface area contributed by atoms with Gasteiger partial charge in [0.2, 0.25) is 0 Å². The van der Waals surface area contributed by atoms with Gasteiger partial charge < -0.3 is 5.11 Å². The van der Waals surface area contributed by atoms with Crippen LogP contribution in [0.4, 0.5) is 0 Å². The summed E-state index contributed by atoms with van der Waals surface area (Å²) in [5.74, 6) is 2.40. The average molecular weight is 161 g/mol. The van der Waals surface area contributed by atoms with E-state index < -0.39 is 6.10 Å². The maximum Gasteiger partial charge on any atom is 0.134 e. The predicted octanol–water partition coefficient (Wildman–Crippen LogP) is 0.889. The molecule has 1 atom stereocenters. The second kappa shape index (κ2) is 3.91. The molecule has 0 aromatic carbocycles. The van der Waals surface area contributed by atoms with Crippen LogP contribution in [-0.4, -0.2) is 11.2 Å². The fourth-order valence-corrected chi connectivity index (χ4v) is 0.349. The molecule has 0 radical (unpaired) electrons. The zero-order valence-electron chi connectivity index (χ0n) is 3.69. The highest BCUT2D eigenvalue weighted by Gasteiger charge is 1.83. The SMILES string of the molecule is C=C[C@H](O)C#CBr. The van der Waals surface area contributed by atoms with E-state index >= 15 is 0 Å². The van der Waals surface area contributed by atoms with Crippen LogP contribution in [0.3, 0.4) is 0 Å². The molecule has 0 aliphatic heterocycles. The Morgan fingerprint density at radius 1 is 1.86 bits per heavy atom. The highest BCUT2D eigenvalue weighted by atomic mass is 79.9. The molecule has 0 aliphatic rings. The average Bonchev–Trinajstić information content (AvgIpc) is 1.68. The van der Waals surface area contributed by atoms with E-state index in [2.05, 4.69) is 33.3 Å². The molecule has 0 aromatic heterocycles. The number of rotatable bonds is 1. The molecule has 1 nitrogen and oxygen atoms in total. The van der Waals surface area contributed by atoms with Gasteiger partial charge in [-0.2, -0.15) is 0 Å². The summed E-state index contributed by atoms with van der Waals surface area (Å²) in [6, 6.07) is 0. The predicted molar refractivity (Wildman–Crippen MR) is 32.9 cm³/mol. The van der Waals surface area contributed by atoms with Gasteiger partial charge in [0.15, 0.2) is 0 Å². The maximum absolute atomic E-state index is 8.54. The van der Waals surface area contributed by atoms with E-state index in [4.69, 9.17) is 5.11 Å². The molecule has 0 rings (SSSR count). The highest BCUT2D eigenvalue weighted by molar-refractivity contribution is 9.12. The Bertz CT molecular complexity index is 109. The molecular formula is C5H5BrO. The Kier molecular flexibility index (Phi) is 3.77. The Hall–Kier alpha value is -0.260. The molecule has 0 saturated heterocycles. The Balaban J connectivity index is 3.49. The molecule has 0 bridgehead atoms. The number of aliphatic hydroxyl groups excluding tert-OH is 1. The molecule has 0 heterocycles. The number of aliphatic hydroxyl groups is 1. The summed E-state index contributed by atoms with van der Waals surface area (Å²) < 4.78 is 0. The third-order valence-electron chi connectivity index (χ3n) is 0.426. The lowest BCUT2D eigenvalue weighted by molar-refractivity contribution is 0.281. The van der Waals surface area contributed by atoms with Crippen LogP contribution in [0, 0.1) is 10.8 Å². The molecule has 0 unspecified atom stereocenters. The van der Waals surface area contributed by atoms with Crippen molar-refractivity contribution in [2.24, 2.45) is 0 Å². The van der Waals surface area contributed by atoms with E-state index in [9.17, 15) is 0 Å². The minimum atomic E-state index is -0.695. The molecule has 0 aliphatic carbocycles. The van der Waals surface area contributed by atoms with E-state index in [-0.39, 0.29) is 0 Å². The van der Waals surface area contributed by atoms with Gasteiger partial charge in [-0.3, -0.25) is 0 Å². The van der Waals surface area contributed by atoms with Crippen molar-refractivity contribution in [1.29, 1.82) is 0 Å². The first-order valence-electron chi connectivity index (χ1n) is 1.73. The van der Waals surface area contributed by atoms with Gasteiger partial charge in [-0.15, -0.1) is 0 Å². The van der Waals surface area contributed by atoms with Crippen molar-refractivity contribution in [3.63, 3.8) is 0 Å². The second-order valence-corrected chi connectivity index (χ2v) is 1.32. The minimum absolute atomic E-state index is 0.695. The van der Waals surface area contributed by atoms with Crippen molar-refractivity contribution < 1.29 is 5.11 Å². The van der Waals surface area contributed by atoms with Gasteiger partial charge in [0.1, 0.15) is 6.10 Å². The van der Waals surface area contributed by atoms with Crippen molar-refractivity contribution in [3.05, 3.63) is 12.7 Å². The summed E-state index contributed by atoms with van der Waals surface area (Å²) in [6.07, 6.45) is 0.660. The summed E-state index contributed by atoms with van der Waals surface area (Å²) in [7, 11) is 0. The smallest absolute Gasteiger partial charge is 0.134 e. The van der Waals surface area contributed by atoms with Crippen LogP contribution < -0.4 is 0 Å². The number of halogens is 1. The van der Waals surface area contributed by atoms with Crippen LogP contribution in [0.1, 0.15) is 0 Å². The summed E-state index contributed by atoms with van der Waals surface area (Å²) in [5.41, 5.74) is 0. The molecule has 2 heteroatoms. The Morgan fingerprint density at radius 3 is 2.57 bits per heavy atom. The third-order valence-corrected chi connectivity index (χ3v) is 0.655. The van der Waals surface area contributed by atoms with Crippen LogP contribution in [0.25, 0.3) is 0 Å². The van der Waals surface area contributed by atoms with Gasteiger partial charge in [0, 0.05) is 15.9 Å². The highest BCUT2D eigenvalue weighted by Crippen LogP contribution is 1.79. The van der Waals surface area contributed by atoms with E-state index in [0.717, 1.165) is 0 Å². The van der Waals surface area contributed by atoms with Gasteiger partial charge in [-0.05, 0) is 4.83 Å². The molecule has 38 valence electrons. The van der Waals surface area contributed by atoms with Gasteiger partial charge in [-0.25, -0.2) is 0 Å². The minimum Gasteiger partial charge on any atom is -0.377 e. The van der Waals surface area contributed by atoms with E-state index in [0.29, 0.717) is 0 Å². The zero-order valence-corrected chi connectivity index (χ0v) is 5.27. The molecule has 1 N–H and O–H groups in total. The largest absolute Gasteiger partial charge is 0.377 e. The molecule has 0 aromatic rings. The van der Waals surface area contributed by atoms with Gasteiger partial charge in [0.05, 0.1) is 0 Å². The zero-order chi connectivity index (χ0) is 5.70. The molecule has 7 heavy (non-hydrogen) atoms. The lowest BCUT2D eigenvalue weighted by atomic mass is 10.4. The van der Waals surface area contributed by atoms with Gasteiger partial charge in [0.25, 0.3) is 0 Å². The van der Waals surface area contributed by atoms with E-state index in [1.54, 1.807) is 0 Å². The maximum atomic E-state index is 8.54. The second-order valence-electron chi connectivity index (χ2n) is 0.919. The van der Waals surface area contributed by atoms with Crippen LogP contribution in [0.5, 0.6) is 0 Å². The first-order chi connectivity index (χ1) is 3.31. The summed E-state index contributed by atoms with van der Waals surface area (Å²) in [6.45, 7) is 3.31. The fourth-order valence-electron chi connectivity index (χ4n) is 0.115. The van der Waals surface area contributed by atoms with Crippen LogP contribution in [0.15, 0.2) is 12.7 Å². The van der Waals surface area contributed by atoms with Crippen LogP contribution in [0.2, 0.25) is 0 Å². The topological polar surface area (TPSA) is 20.2 Å². The van der Waals surface area contributed by atoms with Gasteiger partial charge >= 0.3 is 0 Å². The monoisotopic (exact) mass is 160 g/mol. The van der Waals surface area contributed by atoms with E-state index in [1.165, 1.54) is 6.08 Å². The standard InChI is InChI=1S/C5H5BrO/c1-2-5(7)3-4-6/h2,5,7H,1H2/t5-/m0/s1. The fraction of sp³-hybridized carbons (Fsp3) is 0.200. The molecule has 0 fully saturated rings. The lowest BCUT2D eigenvalue weighted by Gasteiger charge is -1.85. The van der Waals surface area contributed by atoms with Crippen molar-refractivity contribution in [1.82, 2.24) is 0 Å². The summed E-state index contributed by atoms with van der Waals surface area (Å²) >= 11 is 2.82. The molecule has 0 saturated carbocycles.